The highest BCUT2D eigenvalue weighted by atomic mass is 16.5. The zero-order valence-corrected chi connectivity index (χ0v) is 15.9. The topological polar surface area (TPSA) is 56.8 Å². The van der Waals surface area contributed by atoms with Crippen molar-refractivity contribution in [2.75, 3.05) is 19.8 Å². The molecule has 5 nitrogen and oxygen atoms in total. The molecule has 0 radical (unpaired) electrons. The van der Waals surface area contributed by atoms with Crippen molar-refractivity contribution in [3.8, 4) is 17.2 Å². The van der Waals surface area contributed by atoms with Gasteiger partial charge in [-0.1, -0.05) is 12.1 Å². The highest BCUT2D eigenvalue weighted by molar-refractivity contribution is 5.77. The molecule has 2 aromatic carbocycles. The van der Waals surface area contributed by atoms with Gasteiger partial charge in [0.1, 0.15) is 5.75 Å². The summed E-state index contributed by atoms with van der Waals surface area (Å²) in [5, 5.41) is 2.86. The Hall–Kier alpha value is -2.69. The maximum absolute atomic E-state index is 12.0. The van der Waals surface area contributed by atoms with Crippen molar-refractivity contribution in [2.24, 2.45) is 0 Å². The minimum Gasteiger partial charge on any atom is -0.490 e. The van der Waals surface area contributed by atoms with E-state index in [9.17, 15) is 4.79 Å². The first kappa shape index (κ1) is 19.6. The molecule has 0 heterocycles. The summed E-state index contributed by atoms with van der Waals surface area (Å²) in [4.78, 5) is 12.0. The monoisotopic (exact) mass is 357 g/mol. The zero-order valence-electron chi connectivity index (χ0n) is 15.9. The lowest BCUT2D eigenvalue weighted by molar-refractivity contribution is -0.123. The molecule has 1 N–H and O–H groups in total. The molecule has 0 fully saturated rings. The average Bonchev–Trinajstić information content (AvgIpc) is 2.63. The lowest BCUT2D eigenvalue weighted by Crippen LogP contribution is -2.28. The van der Waals surface area contributed by atoms with Gasteiger partial charge in [-0.3, -0.25) is 4.79 Å². The van der Waals surface area contributed by atoms with Crippen molar-refractivity contribution in [1.82, 2.24) is 5.32 Å². The Morgan fingerprint density at radius 1 is 0.885 bits per heavy atom. The number of carbonyl (C=O) groups is 1. The fourth-order valence-electron chi connectivity index (χ4n) is 2.41. The van der Waals surface area contributed by atoms with Crippen LogP contribution in [-0.2, 0) is 11.3 Å². The second-order valence-corrected chi connectivity index (χ2v) is 5.96. The van der Waals surface area contributed by atoms with E-state index in [1.54, 1.807) is 0 Å². The molecule has 0 spiro atoms. The smallest absolute Gasteiger partial charge is 0.258 e. The van der Waals surface area contributed by atoms with Crippen LogP contribution in [0.15, 0.2) is 36.4 Å². The minimum absolute atomic E-state index is 0.0160. The maximum atomic E-state index is 12.0. The molecule has 2 aromatic rings. The second-order valence-electron chi connectivity index (χ2n) is 5.96. The summed E-state index contributed by atoms with van der Waals surface area (Å²) in [6, 6.07) is 11.5. The molecule has 0 saturated carbocycles. The number of rotatable bonds is 9. The number of aryl methyl sites for hydroxylation is 2. The number of ether oxygens (including phenoxy) is 3. The molecule has 2 rings (SSSR count). The van der Waals surface area contributed by atoms with Gasteiger partial charge in [0.15, 0.2) is 18.1 Å². The minimum atomic E-state index is -0.171. The van der Waals surface area contributed by atoms with Gasteiger partial charge >= 0.3 is 0 Å². The third kappa shape index (κ3) is 5.69. The van der Waals surface area contributed by atoms with Gasteiger partial charge in [-0.05, 0) is 68.7 Å². The lowest BCUT2D eigenvalue weighted by Gasteiger charge is -2.13. The fraction of sp³-hybridized carbons (Fsp3) is 0.381. The number of hydrogen-bond acceptors (Lipinski definition) is 4. The molecule has 0 aliphatic carbocycles. The van der Waals surface area contributed by atoms with Crippen molar-refractivity contribution in [2.45, 2.75) is 34.2 Å². The third-order valence-electron chi connectivity index (χ3n) is 3.95. The molecule has 0 bridgehead atoms. The second kappa shape index (κ2) is 9.70. The van der Waals surface area contributed by atoms with E-state index in [-0.39, 0.29) is 12.5 Å². The molecule has 5 heteroatoms. The Morgan fingerprint density at radius 3 is 2.31 bits per heavy atom. The van der Waals surface area contributed by atoms with Crippen molar-refractivity contribution >= 4 is 5.91 Å². The third-order valence-corrected chi connectivity index (χ3v) is 3.95. The van der Waals surface area contributed by atoms with E-state index in [1.165, 1.54) is 5.56 Å². The van der Waals surface area contributed by atoms with E-state index < -0.39 is 0 Å². The summed E-state index contributed by atoms with van der Waals surface area (Å²) in [6.07, 6.45) is 0. The molecule has 1 amide bonds. The van der Waals surface area contributed by atoms with Gasteiger partial charge in [0, 0.05) is 6.54 Å². The first-order chi connectivity index (χ1) is 12.5. The van der Waals surface area contributed by atoms with Crippen LogP contribution in [0, 0.1) is 13.8 Å². The molecule has 0 saturated heterocycles. The van der Waals surface area contributed by atoms with Crippen LogP contribution in [0.3, 0.4) is 0 Å². The largest absolute Gasteiger partial charge is 0.490 e. The Balaban J connectivity index is 1.88. The summed E-state index contributed by atoms with van der Waals surface area (Å²) in [5.74, 6) is 1.92. The maximum Gasteiger partial charge on any atom is 0.258 e. The first-order valence-electron chi connectivity index (χ1n) is 8.88. The highest BCUT2D eigenvalue weighted by Gasteiger charge is 2.08. The lowest BCUT2D eigenvalue weighted by atomic mass is 10.1. The summed E-state index contributed by atoms with van der Waals surface area (Å²) in [5.41, 5.74) is 3.28. The van der Waals surface area contributed by atoms with Crippen molar-refractivity contribution in [1.29, 1.82) is 0 Å². The molecule has 0 atom stereocenters. The average molecular weight is 357 g/mol. The Kier molecular flexibility index (Phi) is 7.33. The molecule has 0 aliphatic rings. The van der Waals surface area contributed by atoms with Crippen molar-refractivity contribution in [3.63, 3.8) is 0 Å². The quantitative estimate of drug-likeness (QED) is 0.742. The predicted molar refractivity (Wildman–Crippen MR) is 102 cm³/mol. The van der Waals surface area contributed by atoms with Crippen molar-refractivity contribution in [3.05, 3.63) is 53.1 Å². The number of nitrogens with one attached hydrogen (secondary N) is 1. The van der Waals surface area contributed by atoms with E-state index in [2.05, 4.69) is 5.32 Å². The van der Waals surface area contributed by atoms with E-state index in [4.69, 9.17) is 14.2 Å². The van der Waals surface area contributed by atoms with E-state index in [0.717, 1.165) is 11.1 Å². The molecule has 140 valence electrons. The predicted octanol–water partition coefficient (Wildman–Crippen LogP) is 3.80. The summed E-state index contributed by atoms with van der Waals surface area (Å²) < 4.78 is 16.7. The Labute approximate surface area is 155 Å². The van der Waals surface area contributed by atoms with Crippen LogP contribution >= 0.6 is 0 Å². The van der Waals surface area contributed by atoms with Gasteiger partial charge in [-0.15, -0.1) is 0 Å². The molecular weight excluding hydrogens is 330 g/mol. The van der Waals surface area contributed by atoms with E-state index >= 15 is 0 Å². The van der Waals surface area contributed by atoms with Crippen LogP contribution in [0.4, 0.5) is 0 Å². The van der Waals surface area contributed by atoms with Crippen molar-refractivity contribution < 1.29 is 19.0 Å². The van der Waals surface area contributed by atoms with Gasteiger partial charge in [0.2, 0.25) is 0 Å². The number of hydrogen-bond donors (Lipinski definition) is 1. The molecule has 0 aliphatic heterocycles. The molecule has 26 heavy (non-hydrogen) atoms. The van der Waals surface area contributed by atoms with Gasteiger partial charge in [-0.25, -0.2) is 0 Å². The summed E-state index contributed by atoms with van der Waals surface area (Å²) in [7, 11) is 0. The fourth-order valence-corrected chi connectivity index (χ4v) is 2.41. The van der Waals surface area contributed by atoms with Crippen LogP contribution in [0.2, 0.25) is 0 Å². The molecule has 0 unspecified atom stereocenters. The molecular formula is C21H27NO4. The number of amides is 1. The SMILES string of the molecule is CCOc1ccc(CNC(=O)COc2ccc(C)c(C)c2)cc1OCC. The Bertz CT molecular complexity index is 743. The summed E-state index contributed by atoms with van der Waals surface area (Å²) in [6.45, 7) is 9.43. The first-order valence-corrected chi connectivity index (χ1v) is 8.88. The van der Waals surface area contributed by atoms with Crippen LogP contribution in [0.1, 0.15) is 30.5 Å². The highest BCUT2D eigenvalue weighted by Crippen LogP contribution is 2.28. The normalized spacial score (nSPS) is 10.3. The Morgan fingerprint density at radius 2 is 1.62 bits per heavy atom. The van der Waals surface area contributed by atoms with Gasteiger partial charge < -0.3 is 19.5 Å². The van der Waals surface area contributed by atoms with Gasteiger partial charge in [0.05, 0.1) is 13.2 Å². The van der Waals surface area contributed by atoms with Gasteiger partial charge in [0.25, 0.3) is 5.91 Å². The number of benzene rings is 2. The zero-order chi connectivity index (χ0) is 18.9. The standard InChI is InChI=1S/C21H27NO4/c1-5-24-19-10-8-17(12-20(19)25-6-2)13-22-21(23)14-26-18-9-7-15(3)16(4)11-18/h7-12H,5-6,13-14H2,1-4H3,(H,22,23). The van der Waals surface area contributed by atoms with E-state index in [1.807, 2.05) is 64.1 Å². The van der Waals surface area contributed by atoms with Gasteiger partial charge in [-0.2, -0.15) is 0 Å². The van der Waals surface area contributed by atoms with Crippen LogP contribution in [-0.4, -0.2) is 25.7 Å². The summed E-state index contributed by atoms with van der Waals surface area (Å²) >= 11 is 0. The van der Waals surface area contributed by atoms with Crippen LogP contribution in [0.5, 0.6) is 17.2 Å². The number of carbonyl (C=O) groups excluding carboxylic acids is 1. The molecule has 0 aromatic heterocycles. The van der Waals surface area contributed by atoms with Crippen LogP contribution in [0.25, 0.3) is 0 Å². The van der Waals surface area contributed by atoms with Crippen LogP contribution < -0.4 is 19.5 Å². The van der Waals surface area contributed by atoms with E-state index in [0.29, 0.717) is 37.0 Å².